The zero-order chi connectivity index (χ0) is 6.74. The van der Waals surface area contributed by atoms with Gasteiger partial charge >= 0.3 is 0 Å². The summed E-state index contributed by atoms with van der Waals surface area (Å²) in [6.45, 7) is 3.49. The number of hydrogen-bond donors (Lipinski definition) is 0. The molecule has 0 radical (unpaired) electrons. The van der Waals surface area contributed by atoms with Crippen LogP contribution in [0.3, 0.4) is 0 Å². The van der Waals surface area contributed by atoms with Crippen molar-refractivity contribution < 1.29 is 33.2 Å². The highest BCUT2D eigenvalue weighted by Gasteiger charge is 2.25. The summed E-state index contributed by atoms with van der Waals surface area (Å²) in [4.78, 5) is 0. The maximum absolute atomic E-state index is 5.10. The van der Waals surface area contributed by atoms with Crippen LogP contribution < -0.4 is 24.0 Å². The molecule has 1 heterocycles. The van der Waals surface area contributed by atoms with Gasteiger partial charge in [-0.3, -0.25) is 0 Å². The molecule has 0 aromatic heterocycles. The second kappa shape index (κ2) is 4.51. The van der Waals surface area contributed by atoms with Crippen molar-refractivity contribution >= 4 is 0 Å². The highest BCUT2D eigenvalue weighted by atomic mass is 127. The summed E-state index contributed by atoms with van der Waals surface area (Å²) in [6, 6.07) is 0. The van der Waals surface area contributed by atoms with Crippen LogP contribution in [-0.4, -0.2) is 38.5 Å². The second-order valence-corrected chi connectivity index (χ2v) is 3.19. The van der Waals surface area contributed by atoms with Crippen molar-refractivity contribution in [2.45, 2.75) is 12.8 Å². The van der Waals surface area contributed by atoms with E-state index in [4.69, 9.17) is 4.74 Å². The molecule has 1 fully saturated rings. The maximum atomic E-state index is 5.10. The van der Waals surface area contributed by atoms with Crippen molar-refractivity contribution in [1.29, 1.82) is 0 Å². The van der Waals surface area contributed by atoms with Crippen LogP contribution in [0.2, 0.25) is 0 Å². The first-order valence-corrected chi connectivity index (χ1v) is 3.59. The molecule has 2 nitrogen and oxygen atoms in total. The Balaban J connectivity index is 0.000000810. The van der Waals surface area contributed by atoms with Gasteiger partial charge in [-0.15, -0.1) is 0 Å². The number of ether oxygens (including phenoxy) is 1. The molecule has 1 aliphatic rings. The Morgan fingerprint density at radius 3 is 2.20 bits per heavy atom. The van der Waals surface area contributed by atoms with E-state index in [1.165, 1.54) is 25.9 Å². The predicted molar refractivity (Wildman–Crippen MR) is 37.0 cm³/mol. The van der Waals surface area contributed by atoms with E-state index in [0.717, 1.165) is 11.2 Å². The first kappa shape index (κ1) is 10.7. The molecule has 3 heteroatoms. The normalized spacial score (nSPS) is 22.2. The van der Waals surface area contributed by atoms with E-state index in [1.807, 2.05) is 0 Å². The summed E-state index contributed by atoms with van der Waals surface area (Å²) in [7, 11) is 4.04. The van der Waals surface area contributed by atoms with Crippen LogP contribution in [-0.2, 0) is 4.74 Å². The topological polar surface area (TPSA) is 9.23 Å². The van der Waals surface area contributed by atoms with E-state index >= 15 is 0 Å². The van der Waals surface area contributed by atoms with Gasteiger partial charge in [0, 0.05) is 20.0 Å². The highest BCUT2D eigenvalue weighted by molar-refractivity contribution is 4.48. The zero-order valence-electron chi connectivity index (χ0n) is 6.77. The number of likely N-dealkylation sites (tertiary alicyclic amines) is 1. The SMILES string of the molecule is COC[N+]1(C)CCCC1.[I-]. The first-order valence-electron chi connectivity index (χ1n) is 3.59. The highest BCUT2D eigenvalue weighted by Crippen LogP contribution is 2.14. The van der Waals surface area contributed by atoms with Crippen molar-refractivity contribution in [3.8, 4) is 0 Å². The molecule has 1 saturated heterocycles. The van der Waals surface area contributed by atoms with Crippen LogP contribution in [0.4, 0.5) is 0 Å². The number of rotatable bonds is 2. The fraction of sp³-hybridized carbons (Fsp3) is 1.00. The van der Waals surface area contributed by atoms with Crippen LogP contribution in [0.15, 0.2) is 0 Å². The molecule has 0 unspecified atom stereocenters. The van der Waals surface area contributed by atoms with E-state index < -0.39 is 0 Å². The number of quaternary nitrogens is 1. The van der Waals surface area contributed by atoms with Crippen molar-refractivity contribution in [3.63, 3.8) is 0 Å². The van der Waals surface area contributed by atoms with Gasteiger partial charge in [-0.25, -0.2) is 0 Å². The lowest BCUT2D eigenvalue weighted by atomic mass is 10.4. The van der Waals surface area contributed by atoms with Crippen molar-refractivity contribution in [1.82, 2.24) is 0 Å². The average molecular weight is 257 g/mol. The Labute approximate surface area is 80.2 Å². The molecule has 0 N–H and O–H groups in total. The summed E-state index contributed by atoms with van der Waals surface area (Å²) < 4.78 is 6.22. The minimum Gasteiger partial charge on any atom is -1.00 e. The van der Waals surface area contributed by atoms with E-state index in [9.17, 15) is 0 Å². The summed E-state index contributed by atoms with van der Waals surface area (Å²) in [5, 5.41) is 0. The van der Waals surface area contributed by atoms with Crippen molar-refractivity contribution in [2.24, 2.45) is 0 Å². The number of methoxy groups -OCH3 is 1. The molecular formula is C7H16INO. The van der Waals surface area contributed by atoms with Crippen LogP contribution in [0, 0.1) is 0 Å². The Bertz CT molecular complexity index is 91.6. The van der Waals surface area contributed by atoms with Crippen LogP contribution >= 0.6 is 0 Å². The Hall–Kier alpha value is 0.650. The molecule has 0 bridgehead atoms. The van der Waals surface area contributed by atoms with Gasteiger partial charge in [-0.1, -0.05) is 0 Å². The molecule has 0 aliphatic carbocycles. The maximum Gasteiger partial charge on any atom is 0.182 e. The average Bonchev–Trinajstić information content (AvgIpc) is 2.16. The lowest BCUT2D eigenvalue weighted by Gasteiger charge is -2.27. The molecule has 1 rings (SSSR count). The van der Waals surface area contributed by atoms with Gasteiger partial charge in [0.25, 0.3) is 0 Å². The number of hydrogen-bond acceptors (Lipinski definition) is 1. The van der Waals surface area contributed by atoms with Crippen molar-refractivity contribution in [2.75, 3.05) is 34.0 Å². The Morgan fingerprint density at radius 2 is 1.80 bits per heavy atom. The second-order valence-electron chi connectivity index (χ2n) is 3.19. The van der Waals surface area contributed by atoms with Gasteiger partial charge < -0.3 is 33.2 Å². The summed E-state index contributed by atoms with van der Waals surface area (Å²) in [5.41, 5.74) is 0. The van der Waals surface area contributed by atoms with E-state index in [2.05, 4.69) is 7.05 Å². The number of halogens is 1. The van der Waals surface area contributed by atoms with Gasteiger partial charge in [0.15, 0.2) is 6.73 Å². The predicted octanol–water partition coefficient (Wildman–Crippen LogP) is -2.17. The Morgan fingerprint density at radius 1 is 1.30 bits per heavy atom. The van der Waals surface area contributed by atoms with E-state index in [0.29, 0.717) is 0 Å². The standard InChI is InChI=1S/C7H16NO.HI/c1-8(7-9-2)5-3-4-6-8;/h3-7H2,1-2H3;1H/q+1;/p-1. The van der Waals surface area contributed by atoms with Crippen LogP contribution in [0.1, 0.15) is 12.8 Å². The molecule has 0 saturated carbocycles. The summed E-state index contributed by atoms with van der Waals surface area (Å²) >= 11 is 0. The third-order valence-electron chi connectivity index (χ3n) is 2.09. The molecule has 0 amide bonds. The molecule has 62 valence electrons. The first-order chi connectivity index (χ1) is 4.27. The van der Waals surface area contributed by atoms with Gasteiger partial charge in [0.05, 0.1) is 20.1 Å². The van der Waals surface area contributed by atoms with E-state index in [1.54, 1.807) is 7.11 Å². The monoisotopic (exact) mass is 257 g/mol. The lowest BCUT2D eigenvalue weighted by Crippen LogP contribution is -3.00. The third kappa shape index (κ3) is 2.72. The molecule has 0 atom stereocenters. The minimum atomic E-state index is 0. The molecule has 0 aromatic rings. The van der Waals surface area contributed by atoms with Gasteiger partial charge in [0.1, 0.15) is 0 Å². The third-order valence-corrected chi connectivity index (χ3v) is 2.09. The molecular weight excluding hydrogens is 241 g/mol. The minimum absolute atomic E-state index is 0. The molecule has 10 heavy (non-hydrogen) atoms. The largest absolute Gasteiger partial charge is 1.00 e. The van der Waals surface area contributed by atoms with E-state index in [-0.39, 0.29) is 24.0 Å². The van der Waals surface area contributed by atoms with Gasteiger partial charge in [-0.05, 0) is 0 Å². The molecule has 1 aliphatic heterocycles. The fourth-order valence-corrected chi connectivity index (χ4v) is 1.54. The summed E-state index contributed by atoms with van der Waals surface area (Å²) in [6.07, 6.45) is 2.75. The Kier molecular flexibility index (Phi) is 4.81. The van der Waals surface area contributed by atoms with Gasteiger partial charge in [0.2, 0.25) is 0 Å². The molecule has 0 spiro atoms. The molecule has 0 aromatic carbocycles. The van der Waals surface area contributed by atoms with Crippen LogP contribution in [0.25, 0.3) is 0 Å². The zero-order valence-corrected chi connectivity index (χ0v) is 8.93. The van der Waals surface area contributed by atoms with Crippen LogP contribution in [0.5, 0.6) is 0 Å². The van der Waals surface area contributed by atoms with Gasteiger partial charge in [-0.2, -0.15) is 0 Å². The lowest BCUT2D eigenvalue weighted by molar-refractivity contribution is -0.916. The van der Waals surface area contributed by atoms with Crippen molar-refractivity contribution in [3.05, 3.63) is 0 Å². The number of nitrogens with zero attached hydrogens (tertiary/aromatic N) is 1. The summed E-state index contributed by atoms with van der Waals surface area (Å²) in [5.74, 6) is 0. The fourth-order valence-electron chi connectivity index (χ4n) is 1.54. The quantitative estimate of drug-likeness (QED) is 0.404. The smallest absolute Gasteiger partial charge is 0.182 e.